The topological polar surface area (TPSA) is 90.0 Å². The van der Waals surface area contributed by atoms with Crippen LogP contribution in [0.1, 0.15) is 32.3 Å². The third kappa shape index (κ3) is 7.00. The van der Waals surface area contributed by atoms with Gasteiger partial charge in [-0.15, -0.1) is 0 Å². The van der Waals surface area contributed by atoms with Crippen LogP contribution in [0.5, 0.6) is 0 Å². The van der Waals surface area contributed by atoms with Crippen molar-refractivity contribution in [2.75, 3.05) is 25.6 Å². The Morgan fingerprint density at radius 3 is 2.76 bits per heavy atom. The molecule has 11 heteroatoms. The van der Waals surface area contributed by atoms with E-state index in [1.165, 1.54) is 28.4 Å². The van der Waals surface area contributed by atoms with Crippen LogP contribution < -0.4 is 5.32 Å². The lowest BCUT2D eigenvalue weighted by molar-refractivity contribution is -0.143. The van der Waals surface area contributed by atoms with Gasteiger partial charge in [-0.3, -0.25) is 10.1 Å². The predicted octanol–water partition coefficient (Wildman–Crippen LogP) is 5.12. The number of fused-ring (bicyclic) bond motifs is 1. The minimum atomic E-state index is -0.955. The molecule has 0 aliphatic carbocycles. The number of benzene rings is 2. The van der Waals surface area contributed by atoms with Gasteiger partial charge in [0.05, 0.1) is 29.0 Å². The smallest absolute Gasteiger partial charge is 0.413 e. The minimum Gasteiger partial charge on any atom is -0.447 e. The van der Waals surface area contributed by atoms with Crippen LogP contribution in [0, 0.1) is 11.6 Å². The number of thiazole rings is 1. The molecule has 1 aliphatic rings. The van der Waals surface area contributed by atoms with E-state index >= 15 is 0 Å². The highest BCUT2D eigenvalue weighted by molar-refractivity contribution is 7.22. The number of hydrogen-bond donors (Lipinski definition) is 1. The first-order valence-corrected chi connectivity index (χ1v) is 12.7. The maximum absolute atomic E-state index is 14.0. The molecular formula is C26H29F2N3O5S. The molecule has 0 bridgehead atoms. The van der Waals surface area contributed by atoms with Crippen LogP contribution in [0.4, 0.5) is 18.7 Å². The Morgan fingerprint density at radius 1 is 1.24 bits per heavy atom. The van der Waals surface area contributed by atoms with Crippen LogP contribution in [0.2, 0.25) is 0 Å². The summed E-state index contributed by atoms with van der Waals surface area (Å²) in [7, 11) is 1.59. The lowest BCUT2D eigenvalue weighted by atomic mass is 10.1. The zero-order valence-electron chi connectivity index (χ0n) is 20.8. The van der Waals surface area contributed by atoms with Crippen molar-refractivity contribution in [3.63, 3.8) is 0 Å². The van der Waals surface area contributed by atoms with Gasteiger partial charge in [0.15, 0.2) is 22.6 Å². The second kappa shape index (κ2) is 11.5. The predicted molar refractivity (Wildman–Crippen MR) is 135 cm³/mol. The summed E-state index contributed by atoms with van der Waals surface area (Å²) >= 11 is 1.32. The Balaban J connectivity index is 1.38. The van der Waals surface area contributed by atoms with Crippen molar-refractivity contribution in [2.45, 2.75) is 51.0 Å². The van der Waals surface area contributed by atoms with Crippen molar-refractivity contribution in [2.24, 2.45) is 0 Å². The summed E-state index contributed by atoms with van der Waals surface area (Å²) in [5.74, 6) is -2.97. The third-order valence-electron chi connectivity index (χ3n) is 6.09. The summed E-state index contributed by atoms with van der Waals surface area (Å²) in [4.78, 5) is 31.3. The van der Waals surface area contributed by atoms with E-state index < -0.39 is 29.6 Å². The molecule has 0 spiro atoms. The molecule has 8 nitrogen and oxygen atoms in total. The number of carbonyl (C=O) groups is 2. The Hall–Kier alpha value is -3.15. The van der Waals surface area contributed by atoms with Gasteiger partial charge in [-0.25, -0.2) is 18.6 Å². The molecule has 2 amide bonds. The zero-order valence-corrected chi connectivity index (χ0v) is 21.6. The van der Waals surface area contributed by atoms with Crippen LogP contribution in [-0.4, -0.2) is 60.1 Å². The summed E-state index contributed by atoms with van der Waals surface area (Å²) < 4.78 is 45.4. The number of ether oxygens (including phenoxy) is 3. The number of anilines is 1. The maximum atomic E-state index is 14.0. The molecule has 37 heavy (non-hydrogen) atoms. The summed E-state index contributed by atoms with van der Waals surface area (Å²) in [6.07, 6.45) is -0.663. The second-order valence-corrected chi connectivity index (χ2v) is 10.3. The fraction of sp³-hybridized carbons (Fsp3) is 0.423. The Labute approximate surface area is 217 Å². The van der Waals surface area contributed by atoms with E-state index in [4.69, 9.17) is 14.2 Å². The van der Waals surface area contributed by atoms with Gasteiger partial charge in [0.1, 0.15) is 6.61 Å². The molecule has 198 valence electrons. The third-order valence-corrected chi connectivity index (χ3v) is 7.04. The summed E-state index contributed by atoms with van der Waals surface area (Å²) in [5.41, 5.74) is 0.890. The number of aryl methyl sites for hydroxylation is 1. The number of nitrogens with one attached hydrogen (secondary N) is 1. The normalized spacial score (nSPS) is 17.5. The number of carbonyl (C=O) groups excluding carboxylic acids is 2. The maximum Gasteiger partial charge on any atom is 0.413 e. The number of rotatable bonds is 9. The molecule has 1 N–H and O–H groups in total. The monoisotopic (exact) mass is 533 g/mol. The average molecular weight is 534 g/mol. The number of aromatic nitrogens is 1. The first kappa shape index (κ1) is 26.9. The van der Waals surface area contributed by atoms with E-state index in [-0.39, 0.29) is 37.0 Å². The van der Waals surface area contributed by atoms with Crippen molar-refractivity contribution >= 4 is 38.7 Å². The largest absolute Gasteiger partial charge is 0.447 e. The highest BCUT2D eigenvalue weighted by Crippen LogP contribution is 2.27. The first-order chi connectivity index (χ1) is 17.6. The minimum absolute atomic E-state index is 0.0362. The number of amides is 2. The number of halogens is 2. The highest BCUT2D eigenvalue weighted by atomic mass is 32.1. The van der Waals surface area contributed by atoms with Gasteiger partial charge < -0.3 is 19.1 Å². The number of nitrogens with zero attached hydrogens (tertiary/aromatic N) is 2. The molecule has 1 aromatic heterocycles. The average Bonchev–Trinajstić information content (AvgIpc) is 3.43. The SMILES string of the molecule is CN(C(=O)CCc1cccc(F)c1F)[C@H](COC(=O)Nc1nc2ccccc2s1)C[C@@H]1COC(C)(C)O1. The standard InChI is InChI=1S/C26H29F2N3O5S/c1-26(2)35-15-18(36-26)13-17(31(3)22(32)12-11-16-7-6-8-19(27)23(16)28)14-34-25(33)30-24-29-20-9-4-5-10-21(20)37-24/h4-10,17-18H,11-15H2,1-3H3,(H,29,30,33)/t17-,18+/m0/s1. The Morgan fingerprint density at radius 2 is 2.03 bits per heavy atom. The fourth-order valence-electron chi connectivity index (χ4n) is 4.10. The van der Waals surface area contributed by atoms with Gasteiger partial charge in [-0.2, -0.15) is 0 Å². The van der Waals surface area contributed by atoms with Crippen LogP contribution in [0.25, 0.3) is 10.2 Å². The lowest BCUT2D eigenvalue weighted by Gasteiger charge is -2.30. The van der Waals surface area contributed by atoms with E-state index in [1.807, 2.05) is 24.3 Å². The molecule has 0 radical (unpaired) electrons. The van der Waals surface area contributed by atoms with Crippen molar-refractivity contribution in [3.05, 3.63) is 59.7 Å². The number of likely N-dealkylation sites (N-methyl/N-ethyl adjacent to an activating group) is 1. The van der Waals surface area contributed by atoms with Crippen LogP contribution in [0.15, 0.2) is 42.5 Å². The van der Waals surface area contributed by atoms with Gasteiger partial charge in [-0.05, 0) is 50.5 Å². The van der Waals surface area contributed by atoms with Crippen molar-refractivity contribution in [1.82, 2.24) is 9.88 Å². The Bertz CT molecular complexity index is 1230. The lowest BCUT2D eigenvalue weighted by Crippen LogP contribution is -2.43. The van der Waals surface area contributed by atoms with Crippen LogP contribution in [0.3, 0.4) is 0 Å². The van der Waals surface area contributed by atoms with E-state index in [0.717, 1.165) is 16.3 Å². The molecular weight excluding hydrogens is 504 g/mol. The van der Waals surface area contributed by atoms with E-state index in [2.05, 4.69) is 10.3 Å². The molecule has 3 aromatic rings. The van der Waals surface area contributed by atoms with Gasteiger partial charge in [0, 0.05) is 13.5 Å². The molecule has 1 aliphatic heterocycles. The zero-order chi connectivity index (χ0) is 26.6. The van der Waals surface area contributed by atoms with Gasteiger partial charge in [0.25, 0.3) is 0 Å². The van der Waals surface area contributed by atoms with Crippen molar-refractivity contribution < 1.29 is 32.6 Å². The molecule has 4 rings (SSSR count). The molecule has 2 atom stereocenters. The summed E-state index contributed by atoms with van der Waals surface area (Å²) in [6.45, 7) is 3.82. The quantitative estimate of drug-likeness (QED) is 0.411. The molecule has 1 fully saturated rings. The second-order valence-electron chi connectivity index (χ2n) is 9.27. The van der Waals surface area contributed by atoms with Gasteiger partial charge in [0.2, 0.25) is 5.91 Å². The number of hydrogen-bond acceptors (Lipinski definition) is 7. The highest BCUT2D eigenvalue weighted by Gasteiger charge is 2.36. The molecule has 1 saturated heterocycles. The van der Waals surface area contributed by atoms with Gasteiger partial charge in [-0.1, -0.05) is 35.6 Å². The molecule has 0 saturated carbocycles. The molecule has 2 heterocycles. The van der Waals surface area contributed by atoms with Gasteiger partial charge >= 0.3 is 6.09 Å². The van der Waals surface area contributed by atoms with E-state index in [9.17, 15) is 18.4 Å². The summed E-state index contributed by atoms with van der Waals surface area (Å²) in [5, 5.41) is 3.03. The number of para-hydroxylation sites is 1. The van der Waals surface area contributed by atoms with Crippen LogP contribution >= 0.6 is 11.3 Å². The molecule has 2 aromatic carbocycles. The van der Waals surface area contributed by atoms with Crippen LogP contribution in [-0.2, 0) is 25.4 Å². The Kier molecular flexibility index (Phi) is 8.35. The van der Waals surface area contributed by atoms with Crippen molar-refractivity contribution in [1.29, 1.82) is 0 Å². The molecule has 0 unspecified atom stereocenters. The first-order valence-electron chi connectivity index (χ1n) is 11.9. The van der Waals surface area contributed by atoms with E-state index in [0.29, 0.717) is 18.2 Å². The fourth-order valence-corrected chi connectivity index (χ4v) is 4.96. The summed E-state index contributed by atoms with van der Waals surface area (Å²) in [6, 6.07) is 10.9. The van der Waals surface area contributed by atoms with Crippen molar-refractivity contribution in [3.8, 4) is 0 Å². The van der Waals surface area contributed by atoms with E-state index in [1.54, 1.807) is 20.9 Å².